The first-order valence-corrected chi connectivity index (χ1v) is 6.77. The van der Waals surface area contributed by atoms with E-state index in [1.165, 1.54) is 0 Å². The van der Waals surface area contributed by atoms with Crippen LogP contribution in [0, 0.1) is 0 Å². The molecule has 0 bridgehead atoms. The summed E-state index contributed by atoms with van der Waals surface area (Å²) in [7, 11) is 0. The molecule has 0 saturated carbocycles. The van der Waals surface area contributed by atoms with Gasteiger partial charge in [0.15, 0.2) is 0 Å². The molecular weight excluding hydrogens is 248 g/mol. The van der Waals surface area contributed by atoms with E-state index in [1.807, 2.05) is 18.2 Å². The quantitative estimate of drug-likeness (QED) is 0.537. The third-order valence-electron chi connectivity index (χ3n) is 2.68. The van der Waals surface area contributed by atoms with Crippen molar-refractivity contribution in [2.45, 2.75) is 38.2 Å². The Morgan fingerprint density at radius 2 is 2.17 bits per heavy atom. The first-order chi connectivity index (χ1) is 8.72. The lowest BCUT2D eigenvalue weighted by atomic mass is 10.1. The van der Waals surface area contributed by atoms with Crippen LogP contribution in [0.3, 0.4) is 0 Å². The summed E-state index contributed by atoms with van der Waals surface area (Å²) in [4.78, 5) is 0. The van der Waals surface area contributed by atoms with Gasteiger partial charge in [0, 0.05) is 5.02 Å². The van der Waals surface area contributed by atoms with Crippen LogP contribution in [-0.2, 0) is 0 Å². The van der Waals surface area contributed by atoms with Gasteiger partial charge in [-0.2, -0.15) is 0 Å². The first kappa shape index (κ1) is 15.1. The predicted octanol–water partition coefficient (Wildman–Crippen LogP) is 4.22. The van der Waals surface area contributed by atoms with E-state index in [9.17, 15) is 5.11 Å². The minimum Gasteiger partial charge on any atom is -0.491 e. The third-order valence-corrected chi connectivity index (χ3v) is 2.92. The van der Waals surface area contributed by atoms with Crippen LogP contribution in [0.1, 0.15) is 32.1 Å². The Bertz CT molecular complexity index is 352. The molecule has 0 heterocycles. The summed E-state index contributed by atoms with van der Waals surface area (Å²) < 4.78 is 5.48. The van der Waals surface area contributed by atoms with Gasteiger partial charge in [-0.05, 0) is 37.5 Å². The van der Waals surface area contributed by atoms with Crippen molar-refractivity contribution in [3.8, 4) is 5.75 Å². The molecule has 1 rings (SSSR count). The fourth-order valence-electron chi connectivity index (χ4n) is 1.68. The van der Waals surface area contributed by atoms with Crippen molar-refractivity contribution in [3.05, 3.63) is 41.9 Å². The van der Waals surface area contributed by atoms with Gasteiger partial charge >= 0.3 is 0 Å². The van der Waals surface area contributed by atoms with Crippen LogP contribution in [0.5, 0.6) is 5.75 Å². The van der Waals surface area contributed by atoms with Gasteiger partial charge in [0.05, 0.1) is 6.10 Å². The Kier molecular flexibility index (Phi) is 7.54. The van der Waals surface area contributed by atoms with Gasteiger partial charge in [-0.1, -0.05) is 36.6 Å². The van der Waals surface area contributed by atoms with Gasteiger partial charge < -0.3 is 9.84 Å². The van der Waals surface area contributed by atoms with Crippen molar-refractivity contribution in [1.29, 1.82) is 0 Å². The maximum absolute atomic E-state index is 9.76. The smallest absolute Gasteiger partial charge is 0.120 e. The van der Waals surface area contributed by atoms with E-state index in [0.29, 0.717) is 17.4 Å². The number of aliphatic hydroxyl groups excluding tert-OH is 1. The molecule has 0 saturated heterocycles. The van der Waals surface area contributed by atoms with Gasteiger partial charge in [-0.25, -0.2) is 0 Å². The molecule has 18 heavy (non-hydrogen) atoms. The number of rotatable bonds is 9. The van der Waals surface area contributed by atoms with Crippen molar-refractivity contribution < 1.29 is 9.84 Å². The maximum atomic E-state index is 9.76. The van der Waals surface area contributed by atoms with Crippen LogP contribution in [0.15, 0.2) is 36.9 Å². The fourth-order valence-corrected chi connectivity index (χ4v) is 1.86. The first-order valence-electron chi connectivity index (χ1n) is 6.39. The normalized spacial score (nSPS) is 12.1. The molecule has 0 fully saturated rings. The fraction of sp³-hybridized carbons (Fsp3) is 0.467. The van der Waals surface area contributed by atoms with Crippen molar-refractivity contribution in [2.75, 3.05) is 6.61 Å². The molecule has 2 nitrogen and oxygen atoms in total. The van der Waals surface area contributed by atoms with Gasteiger partial charge in [0.1, 0.15) is 12.4 Å². The number of allylic oxidation sites excluding steroid dienone is 1. The molecule has 1 unspecified atom stereocenters. The highest BCUT2D eigenvalue weighted by molar-refractivity contribution is 6.30. The highest BCUT2D eigenvalue weighted by Gasteiger charge is 2.05. The second-order valence-corrected chi connectivity index (χ2v) is 4.79. The monoisotopic (exact) mass is 268 g/mol. The Hall–Kier alpha value is -0.990. The molecule has 3 heteroatoms. The zero-order valence-corrected chi connectivity index (χ0v) is 11.4. The number of halogens is 1. The van der Waals surface area contributed by atoms with Gasteiger partial charge in [0.25, 0.3) is 0 Å². The van der Waals surface area contributed by atoms with Crippen molar-refractivity contribution in [3.63, 3.8) is 0 Å². The number of hydrogen-bond donors (Lipinski definition) is 1. The number of ether oxygens (including phenoxy) is 1. The van der Waals surface area contributed by atoms with Crippen molar-refractivity contribution in [1.82, 2.24) is 0 Å². The average molecular weight is 269 g/mol. The molecule has 1 aromatic rings. The molecule has 1 aromatic carbocycles. The summed E-state index contributed by atoms with van der Waals surface area (Å²) in [6.07, 6.45) is 6.64. The topological polar surface area (TPSA) is 29.5 Å². The molecule has 0 aliphatic heterocycles. The van der Waals surface area contributed by atoms with Crippen LogP contribution in [0.2, 0.25) is 5.02 Å². The van der Waals surface area contributed by atoms with Gasteiger partial charge in [-0.3, -0.25) is 0 Å². The molecule has 1 atom stereocenters. The van der Waals surface area contributed by atoms with E-state index in [2.05, 4.69) is 6.58 Å². The zero-order valence-electron chi connectivity index (χ0n) is 10.6. The van der Waals surface area contributed by atoms with Crippen LogP contribution in [0.25, 0.3) is 0 Å². The molecule has 0 radical (unpaired) electrons. The van der Waals surface area contributed by atoms with Crippen LogP contribution in [0.4, 0.5) is 0 Å². The predicted molar refractivity (Wildman–Crippen MR) is 76.2 cm³/mol. The summed E-state index contributed by atoms with van der Waals surface area (Å²) in [5.41, 5.74) is 0. The van der Waals surface area contributed by atoms with Crippen LogP contribution < -0.4 is 4.74 Å². The summed E-state index contributed by atoms with van der Waals surface area (Å²) in [6.45, 7) is 4.00. The average Bonchev–Trinajstić information content (AvgIpc) is 2.36. The van der Waals surface area contributed by atoms with Crippen LogP contribution in [-0.4, -0.2) is 17.8 Å². The van der Waals surface area contributed by atoms with Crippen molar-refractivity contribution >= 4 is 11.6 Å². The van der Waals surface area contributed by atoms with Crippen LogP contribution >= 0.6 is 11.6 Å². The molecule has 0 aliphatic rings. The van der Waals surface area contributed by atoms with E-state index in [4.69, 9.17) is 16.3 Å². The lowest BCUT2D eigenvalue weighted by molar-refractivity contribution is 0.0975. The van der Waals surface area contributed by atoms with E-state index in [1.54, 1.807) is 12.1 Å². The third kappa shape index (κ3) is 6.67. The van der Waals surface area contributed by atoms with E-state index in [-0.39, 0.29) is 0 Å². The summed E-state index contributed by atoms with van der Waals surface area (Å²) >= 11 is 5.84. The number of aliphatic hydroxyl groups is 1. The molecule has 0 aliphatic carbocycles. The van der Waals surface area contributed by atoms with E-state index >= 15 is 0 Å². The van der Waals surface area contributed by atoms with Crippen molar-refractivity contribution in [2.24, 2.45) is 0 Å². The second kappa shape index (κ2) is 9.01. The SMILES string of the molecule is C=CCCCCCC(O)COc1cccc(Cl)c1. The lowest BCUT2D eigenvalue weighted by Gasteiger charge is -2.12. The highest BCUT2D eigenvalue weighted by atomic mass is 35.5. The Balaban J connectivity index is 2.13. The molecule has 100 valence electrons. The molecular formula is C15H21ClO2. The summed E-state index contributed by atoms with van der Waals surface area (Å²) in [5, 5.41) is 10.4. The van der Waals surface area contributed by atoms with Gasteiger partial charge in [-0.15, -0.1) is 6.58 Å². The number of unbranched alkanes of at least 4 members (excludes halogenated alkanes) is 3. The van der Waals surface area contributed by atoms with E-state index in [0.717, 1.165) is 32.1 Å². The Labute approximate surface area is 114 Å². The largest absolute Gasteiger partial charge is 0.491 e. The summed E-state index contributed by atoms with van der Waals surface area (Å²) in [6, 6.07) is 7.21. The zero-order chi connectivity index (χ0) is 13.2. The Morgan fingerprint density at radius 3 is 2.89 bits per heavy atom. The standard InChI is InChI=1S/C15H21ClO2/c1-2-3-4-5-6-9-14(17)12-18-15-10-7-8-13(16)11-15/h2,7-8,10-11,14,17H,1,3-6,9,12H2. The number of benzene rings is 1. The van der Waals surface area contributed by atoms with E-state index < -0.39 is 6.10 Å². The maximum Gasteiger partial charge on any atom is 0.120 e. The summed E-state index contributed by atoms with van der Waals surface area (Å²) in [5.74, 6) is 0.702. The second-order valence-electron chi connectivity index (χ2n) is 4.35. The number of hydrogen-bond acceptors (Lipinski definition) is 2. The minimum atomic E-state index is -0.410. The molecule has 0 aromatic heterocycles. The van der Waals surface area contributed by atoms with Gasteiger partial charge in [0.2, 0.25) is 0 Å². The molecule has 0 spiro atoms. The highest BCUT2D eigenvalue weighted by Crippen LogP contribution is 2.17. The molecule has 0 amide bonds. The minimum absolute atomic E-state index is 0.321. The Morgan fingerprint density at radius 1 is 1.33 bits per heavy atom. The molecule has 1 N–H and O–H groups in total. The lowest BCUT2D eigenvalue weighted by Crippen LogP contribution is -2.17.